The first-order valence-electron chi connectivity index (χ1n) is 14.9. The molecule has 2 amide bonds. The number of alkyl halides is 4. The lowest BCUT2D eigenvalue weighted by atomic mass is 10.1. The summed E-state index contributed by atoms with van der Waals surface area (Å²) in [6, 6.07) is 10.0. The average Bonchev–Trinajstić information content (AvgIpc) is 3.76. The molecule has 0 bridgehead atoms. The smallest absolute Gasteiger partial charge is 0.282 e. The summed E-state index contributed by atoms with van der Waals surface area (Å²) in [6.07, 6.45) is 2.41. The van der Waals surface area contributed by atoms with Gasteiger partial charge in [-0.15, -0.1) is 20.4 Å². The maximum atomic E-state index is 13.2. The molecule has 4 aromatic heterocycles. The fraction of sp³-hybridized carbons (Fsp3) is 0.448. The molecule has 2 saturated heterocycles. The second kappa shape index (κ2) is 12.4. The van der Waals surface area contributed by atoms with Crippen LogP contribution < -0.4 is 20.4 Å². The highest BCUT2D eigenvalue weighted by Gasteiger charge is 2.45. The van der Waals surface area contributed by atoms with Gasteiger partial charge in [-0.3, -0.25) is 9.59 Å². The molecular weight excluding hydrogens is 661 g/mol. The Labute approximate surface area is 273 Å². The molecular formula is C29H28F4N10O2S2. The number of anilines is 4. The van der Waals surface area contributed by atoms with Crippen molar-refractivity contribution in [2.75, 3.05) is 46.6 Å². The molecule has 47 heavy (non-hydrogen) atoms. The van der Waals surface area contributed by atoms with Gasteiger partial charge in [-0.1, -0.05) is 34.8 Å². The number of amides is 2. The van der Waals surface area contributed by atoms with Crippen LogP contribution in [0.1, 0.15) is 52.5 Å². The molecule has 2 unspecified atom stereocenters. The van der Waals surface area contributed by atoms with Crippen LogP contribution in [0.5, 0.6) is 0 Å². The topological polar surface area (TPSA) is 142 Å². The molecule has 1 saturated carbocycles. The number of hydrogen-bond donors (Lipinski definition) is 2. The van der Waals surface area contributed by atoms with Crippen molar-refractivity contribution in [3.63, 3.8) is 0 Å². The van der Waals surface area contributed by atoms with Crippen molar-refractivity contribution >= 4 is 56.4 Å². The summed E-state index contributed by atoms with van der Waals surface area (Å²) in [5.41, 5.74) is 0.933. The van der Waals surface area contributed by atoms with Crippen molar-refractivity contribution in [2.45, 2.75) is 55.8 Å². The van der Waals surface area contributed by atoms with Crippen LogP contribution in [-0.4, -0.2) is 80.2 Å². The minimum atomic E-state index is -2.71. The Kier molecular flexibility index (Phi) is 8.23. The van der Waals surface area contributed by atoms with Crippen LogP contribution in [0.25, 0.3) is 0 Å². The minimum absolute atomic E-state index is 0.0304. The molecule has 3 fully saturated rings. The quantitative estimate of drug-likeness (QED) is 0.229. The van der Waals surface area contributed by atoms with Crippen LogP contribution in [0.2, 0.25) is 0 Å². The molecule has 3 aliphatic rings. The third-order valence-electron chi connectivity index (χ3n) is 8.11. The lowest BCUT2D eigenvalue weighted by molar-refractivity contribution is -0.116. The summed E-state index contributed by atoms with van der Waals surface area (Å²) in [5, 5.41) is 24.7. The average molecular weight is 689 g/mol. The number of carbonyl (C=O) groups is 2. The van der Waals surface area contributed by atoms with E-state index in [1.54, 1.807) is 36.4 Å². The predicted octanol–water partition coefficient (Wildman–Crippen LogP) is 4.50. The van der Waals surface area contributed by atoms with Gasteiger partial charge in [-0.05, 0) is 43.5 Å². The van der Waals surface area contributed by atoms with E-state index in [0.717, 1.165) is 29.3 Å². The largest absolute Gasteiger partial charge is 0.344 e. The van der Waals surface area contributed by atoms with Gasteiger partial charge < -0.3 is 20.4 Å². The van der Waals surface area contributed by atoms with Crippen LogP contribution in [0.15, 0.2) is 36.4 Å². The fourth-order valence-corrected chi connectivity index (χ4v) is 7.63. The van der Waals surface area contributed by atoms with Crippen molar-refractivity contribution < 1.29 is 27.2 Å². The number of carbonyl (C=O) groups excluding carboxylic acids is 2. The SMILES string of the molecule is O=C(Cc1cccc(N2CC(F)(F)C2)n1)Nc1nnc(C2CCC(c3nnc(NC(=O)Cc4cccc(N5CC(F)(F)C5)n4)s3)C2)s1. The van der Waals surface area contributed by atoms with E-state index in [4.69, 9.17) is 0 Å². The van der Waals surface area contributed by atoms with E-state index < -0.39 is 11.8 Å². The molecule has 18 heteroatoms. The molecule has 246 valence electrons. The summed E-state index contributed by atoms with van der Waals surface area (Å²) >= 11 is 2.61. The van der Waals surface area contributed by atoms with Crippen LogP contribution in [0.4, 0.5) is 39.5 Å². The van der Waals surface area contributed by atoms with Gasteiger partial charge in [0.15, 0.2) is 0 Å². The molecule has 6 heterocycles. The van der Waals surface area contributed by atoms with Crippen molar-refractivity contribution in [1.29, 1.82) is 0 Å². The summed E-state index contributed by atoms with van der Waals surface area (Å²) in [7, 11) is 0. The Bertz CT molecular complexity index is 1660. The first-order chi connectivity index (χ1) is 22.5. The normalized spacial score (nSPS) is 21.2. The van der Waals surface area contributed by atoms with E-state index in [1.165, 1.54) is 32.5 Å². The Morgan fingerprint density at radius 3 is 1.53 bits per heavy atom. The zero-order valence-corrected chi connectivity index (χ0v) is 26.3. The minimum Gasteiger partial charge on any atom is -0.344 e. The van der Waals surface area contributed by atoms with E-state index in [1.807, 2.05) is 0 Å². The van der Waals surface area contributed by atoms with Crippen molar-refractivity contribution in [1.82, 2.24) is 30.4 Å². The Morgan fingerprint density at radius 2 is 1.13 bits per heavy atom. The Balaban J connectivity index is 0.882. The molecule has 7 rings (SSSR count). The van der Waals surface area contributed by atoms with Gasteiger partial charge in [0.05, 0.1) is 50.4 Å². The monoisotopic (exact) mass is 688 g/mol. The van der Waals surface area contributed by atoms with Crippen molar-refractivity contribution in [3.05, 3.63) is 57.8 Å². The van der Waals surface area contributed by atoms with Crippen LogP contribution in [-0.2, 0) is 22.4 Å². The maximum Gasteiger partial charge on any atom is 0.282 e. The summed E-state index contributed by atoms with van der Waals surface area (Å²) in [6.45, 7) is -1.54. The number of nitrogens with one attached hydrogen (secondary N) is 2. The number of aromatic nitrogens is 6. The highest BCUT2D eigenvalue weighted by Crippen LogP contribution is 2.45. The van der Waals surface area contributed by atoms with E-state index in [0.29, 0.717) is 33.3 Å². The van der Waals surface area contributed by atoms with E-state index >= 15 is 0 Å². The molecule has 1 aliphatic carbocycles. The lowest BCUT2D eigenvalue weighted by Crippen LogP contribution is -2.56. The molecule has 4 aromatic rings. The zero-order valence-electron chi connectivity index (χ0n) is 24.7. The van der Waals surface area contributed by atoms with Gasteiger partial charge in [0.1, 0.15) is 21.7 Å². The van der Waals surface area contributed by atoms with Crippen LogP contribution in [0.3, 0.4) is 0 Å². The molecule has 2 N–H and O–H groups in total. The van der Waals surface area contributed by atoms with Crippen molar-refractivity contribution in [2.24, 2.45) is 0 Å². The molecule has 0 spiro atoms. The third-order valence-corrected chi connectivity index (χ3v) is 10.1. The standard InChI is InChI=1S/C29H28F4N10O2S2/c30-28(31)12-42(13-28)20-5-1-3-18(34-20)10-22(44)36-26-40-38-24(46-26)16-7-8-17(9-16)25-39-41-27(47-25)37-23(45)11-19-4-2-6-21(35-19)43-14-29(32,33)15-43/h1-6,16-17H,7-15H2,(H,36,40,44)(H,37,41,45). The van der Waals surface area contributed by atoms with E-state index in [9.17, 15) is 27.2 Å². The third kappa shape index (κ3) is 7.32. The number of nitrogens with zero attached hydrogens (tertiary/aromatic N) is 8. The van der Waals surface area contributed by atoms with Gasteiger partial charge in [-0.25, -0.2) is 27.5 Å². The molecule has 2 atom stereocenters. The molecule has 0 radical (unpaired) electrons. The highest BCUT2D eigenvalue weighted by molar-refractivity contribution is 7.15. The lowest BCUT2D eigenvalue weighted by Gasteiger charge is -2.39. The number of rotatable bonds is 10. The van der Waals surface area contributed by atoms with E-state index in [-0.39, 0.29) is 62.7 Å². The van der Waals surface area contributed by atoms with Crippen molar-refractivity contribution in [3.8, 4) is 0 Å². The van der Waals surface area contributed by atoms with Crippen LogP contribution >= 0.6 is 22.7 Å². The van der Waals surface area contributed by atoms with Crippen LogP contribution in [0, 0.1) is 0 Å². The first kappa shape index (κ1) is 31.3. The second-order valence-corrected chi connectivity index (χ2v) is 14.0. The fourth-order valence-electron chi connectivity index (χ4n) is 5.82. The Hall–Kier alpha value is -4.32. The molecule has 2 aliphatic heterocycles. The summed E-state index contributed by atoms with van der Waals surface area (Å²) < 4.78 is 52.9. The first-order valence-corrected chi connectivity index (χ1v) is 16.5. The Morgan fingerprint density at radius 1 is 0.702 bits per heavy atom. The maximum absolute atomic E-state index is 13.2. The number of halogens is 4. The molecule has 12 nitrogen and oxygen atoms in total. The number of pyridine rings is 2. The second-order valence-electron chi connectivity index (χ2n) is 11.9. The zero-order chi connectivity index (χ0) is 32.8. The summed E-state index contributed by atoms with van der Waals surface area (Å²) in [5.74, 6) is -4.99. The summed E-state index contributed by atoms with van der Waals surface area (Å²) in [4.78, 5) is 36.9. The van der Waals surface area contributed by atoms with Gasteiger partial charge in [-0.2, -0.15) is 0 Å². The van der Waals surface area contributed by atoms with Gasteiger partial charge >= 0.3 is 0 Å². The van der Waals surface area contributed by atoms with Gasteiger partial charge in [0, 0.05) is 11.8 Å². The predicted molar refractivity (Wildman–Crippen MR) is 167 cm³/mol. The highest BCUT2D eigenvalue weighted by atomic mass is 32.1. The van der Waals surface area contributed by atoms with Gasteiger partial charge in [0.2, 0.25) is 22.1 Å². The van der Waals surface area contributed by atoms with Gasteiger partial charge in [0.25, 0.3) is 11.8 Å². The van der Waals surface area contributed by atoms with E-state index in [2.05, 4.69) is 41.0 Å². The molecule has 0 aromatic carbocycles. The number of hydrogen-bond acceptors (Lipinski definition) is 12.